The molecule has 0 fully saturated rings. The van der Waals surface area contributed by atoms with Crippen molar-refractivity contribution in [2.24, 2.45) is 0 Å². The molecule has 3 aromatic rings. The van der Waals surface area contributed by atoms with Crippen LogP contribution < -0.4 is 4.90 Å². The molecule has 26 heavy (non-hydrogen) atoms. The lowest BCUT2D eigenvalue weighted by Crippen LogP contribution is -2.16. The molecule has 3 aromatic carbocycles. The van der Waals surface area contributed by atoms with Gasteiger partial charge in [0.2, 0.25) is 0 Å². The first-order valence-corrected chi connectivity index (χ1v) is 7.72. The van der Waals surface area contributed by atoms with Crippen LogP contribution in [0.15, 0.2) is 78.9 Å². The number of nitrogens with zero attached hydrogens (tertiary/aromatic N) is 1. The summed E-state index contributed by atoms with van der Waals surface area (Å²) in [6.07, 6.45) is -4.58. The van der Waals surface area contributed by atoms with Gasteiger partial charge in [0.1, 0.15) is 0 Å². The zero-order valence-corrected chi connectivity index (χ0v) is 13.4. The maximum atomic E-state index is 13.2. The van der Waals surface area contributed by atoms with Gasteiger partial charge in [-0.1, -0.05) is 36.4 Å². The number of anilines is 3. The van der Waals surface area contributed by atoms with Gasteiger partial charge < -0.3 is 10.0 Å². The zero-order chi connectivity index (χ0) is 18.7. The number of carboxylic acids is 1. The van der Waals surface area contributed by atoms with Crippen molar-refractivity contribution in [3.8, 4) is 0 Å². The molecule has 0 saturated heterocycles. The molecule has 0 aliphatic rings. The zero-order valence-electron chi connectivity index (χ0n) is 13.4. The Bertz CT molecular complexity index is 870. The Kier molecular flexibility index (Phi) is 4.67. The SMILES string of the molecule is O=C(O)c1ccc(C(F)(F)F)cc1N(c1ccccc1)c1ccccc1. The number of halogens is 3. The van der Waals surface area contributed by atoms with Crippen molar-refractivity contribution < 1.29 is 23.1 Å². The van der Waals surface area contributed by atoms with Crippen LogP contribution in [0.3, 0.4) is 0 Å². The Labute approximate surface area is 147 Å². The van der Waals surface area contributed by atoms with E-state index < -0.39 is 17.7 Å². The number of benzene rings is 3. The average molecular weight is 357 g/mol. The molecule has 0 aliphatic carbocycles. The third kappa shape index (κ3) is 3.54. The van der Waals surface area contributed by atoms with E-state index in [4.69, 9.17) is 0 Å². The summed E-state index contributed by atoms with van der Waals surface area (Å²) in [6.45, 7) is 0. The van der Waals surface area contributed by atoms with Crippen molar-refractivity contribution >= 4 is 23.0 Å². The summed E-state index contributed by atoms with van der Waals surface area (Å²) in [5.74, 6) is -1.30. The summed E-state index contributed by atoms with van der Waals surface area (Å²) in [4.78, 5) is 13.1. The van der Waals surface area contributed by atoms with Crippen LogP contribution in [-0.4, -0.2) is 11.1 Å². The molecule has 0 amide bonds. The van der Waals surface area contributed by atoms with Crippen LogP contribution in [0.1, 0.15) is 15.9 Å². The molecule has 0 radical (unpaired) electrons. The molecule has 0 saturated carbocycles. The van der Waals surface area contributed by atoms with Gasteiger partial charge in [0, 0.05) is 11.4 Å². The van der Waals surface area contributed by atoms with Gasteiger partial charge >= 0.3 is 12.1 Å². The van der Waals surface area contributed by atoms with Crippen LogP contribution in [0.25, 0.3) is 0 Å². The minimum Gasteiger partial charge on any atom is -0.478 e. The van der Waals surface area contributed by atoms with E-state index in [1.165, 1.54) is 4.90 Å². The quantitative estimate of drug-likeness (QED) is 0.634. The number of rotatable bonds is 4. The second-order valence-corrected chi connectivity index (χ2v) is 5.54. The highest BCUT2D eigenvalue weighted by atomic mass is 19.4. The van der Waals surface area contributed by atoms with Crippen molar-refractivity contribution in [1.29, 1.82) is 0 Å². The van der Waals surface area contributed by atoms with E-state index in [-0.39, 0.29) is 11.3 Å². The topological polar surface area (TPSA) is 40.5 Å². The maximum Gasteiger partial charge on any atom is 0.416 e. The Balaban J connectivity index is 2.28. The molecule has 132 valence electrons. The van der Waals surface area contributed by atoms with E-state index in [2.05, 4.69) is 0 Å². The summed E-state index contributed by atoms with van der Waals surface area (Å²) >= 11 is 0. The summed E-state index contributed by atoms with van der Waals surface area (Å²) in [5.41, 5.74) is -0.0640. The molecule has 1 N–H and O–H groups in total. The Morgan fingerprint density at radius 1 is 0.808 bits per heavy atom. The van der Waals surface area contributed by atoms with E-state index >= 15 is 0 Å². The van der Waals surface area contributed by atoms with Crippen LogP contribution in [0, 0.1) is 0 Å². The normalized spacial score (nSPS) is 11.2. The predicted molar refractivity (Wildman–Crippen MR) is 93.1 cm³/mol. The van der Waals surface area contributed by atoms with Crippen molar-refractivity contribution in [3.05, 3.63) is 90.0 Å². The number of aromatic carboxylic acids is 1. The highest BCUT2D eigenvalue weighted by molar-refractivity contribution is 5.97. The van der Waals surface area contributed by atoms with Gasteiger partial charge in [-0.05, 0) is 42.5 Å². The van der Waals surface area contributed by atoms with Gasteiger partial charge in [-0.2, -0.15) is 13.2 Å². The van der Waals surface area contributed by atoms with Crippen LogP contribution in [0.4, 0.5) is 30.2 Å². The number of hydrogen-bond acceptors (Lipinski definition) is 2. The first-order chi connectivity index (χ1) is 12.4. The van der Waals surface area contributed by atoms with Crippen LogP contribution >= 0.6 is 0 Å². The molecule has 0 atom stereocenters. The number of hydrogen-bond donors (Lipinski definition) is 1. The standard InChI is InChI=1S/C20H14F3NO2/c21-20(22,23)14-11-12-17(19(25)26)18(13-14)24(15-7-3-1-4-8-15)16-9-5-2-6-10-16/h1-13H,(H,25,26). The maximum absolute atomic E-state index is 13.2. The van der Waals surface area contributed by atoms with E-state index in [1.807, 2.05) is 0 Å². The number of carbonyl (C=O) groups is 1. The van der Waals surface area contributed by atoms with Crippen LogP contribution in [-0.2, 0) is 6.18 Å². The molecule has 6 heteroatoms. The van der Waals surface area contributed by atoms with Crippen molar-refractivity contribution in [2.45, 2.75) is 6.18 Å². The van der Waals surface area contributed by atoms with Gasteiger partial charge in [0.25, 0.3) is 0 Å². The Morgan fingerprint density at radius 2 is 1.31 bits per heavy atom. The molecule has 0 unspecified atom stereocenters. The number of carboxylic acid groups (broad SMARTS) is 1. The van der Waals surface area contributed by atoms with Crippen LogP contribution in [0.2, 0.25) is 0 Å². The Hall–Kier alpha value is -3.28. The van der Waals surface area contributed by atoms with E-state index in [1.54, 1.807) is 60.7 Å². The fourth-order valence-corrected chi connectivity index (χ4v) is 2.66. The molecular weight excluding hydrogens is 343 g/mol. The van der Waals surface area contributed by atoms with Gasteiger partial charge in [-0.3, -0.25) is 0 Å². The molecule has 0 heterocycles. The van der Waals surface area contributed by atoms with Gasteiger partial charge in [0.05, 0.1) is 16.8 Å². The lowest BCUT2D eigenvalue weighted by molar-refractivity contribution is -0.137. The third-order valence-corrected chi connectivity index (χ3v) is 3.83. The first-order valence-electron chi connectivity index (χ1n) is 7.72. The van der Waals surface area contributed by atoms with E-state index in [9.17, 15) is 23.1 Å². The van der Waals surface area contributed by atoms with Crippen molar-refractivity contribution in [1.82, 2.24) is 0 Å². The predicted octanol–water partition coefficient (Wildman–Crippen LogP) is 5.87. The van der Waals surface area contributed by atoms with Crippen molar-refractivity contribution in [2.75, 3.05) is 4.90 Å². The van der Waals surface area contributed by atoms with E-state index in [0.717, 1.165) is 18.2 Å². The van der Waals surface area contributed by atoms with Crippen molar-refractivity contribution in [3.63, 3.8) is 0 Å². The van der Waals surface area contributed by atoms with Crippen LogP contribution in [0.5, 0.6) is 0 Å². The monoisotopic (exact) mass is 357 g/mol. The average Bonchev–Trinajstić information content (AvgIpc) is 2.63. The molecule has 0 aromatic heterocycles. The number of alkyl halides is 3. The summed E-state index contributed by atoms with van der Waals surface area (Å²) in [7, 11) is 0. The second kappa shape index (κ2) is 6.92. The Morgan fingerprint density at radius 3 is 1.73 bits per heavy atom. The molecular formula is C20H14F3NO2. The molecule has 0 aliphatic heterocycles. The highest BCUT2D eigenvalue weighted by Crippen LogP contribution is 2.40. The fourth-order valence-electron chi connectivity index (χ4n) is 2.66. The third-order valence-electron chi connectivity index (χ3n) is 3.83. The second-order valence-electron chi connectivity index (χ2n) is 5.54. The lowest BCUT2D eigenvalue weighted by Gasteiger charge is -2.27. The van der Waals surface area contributed by atoms with Gasteiger partial charge in [-0.25, -0.2) is 4.79 Å². The summed E-state index contributed by atoms with van der Waals surface area (Å²) < 4.78 is 39.6. The summed E-state index contributed by atoms with van der Waals surface area (Å²) in [5, 5.41) is 9.49. The smallest absolute Gasteiger partial charge is 0.416 e. The minimum atomic E-state index is -4.58. The highest BCUT2D eigenvalue weighted by Gasteiger charge is 2.32. The first kappa shape index (κ1) is 17.5. The molecule has 0 bridgehead atoms. The molecule has 0 spiro atoms. The largest absolute Gasteiger partial charge is 0.478 e. The fraction of sp³-hybridized carbons (Fsp3) is 0.0500. The number of para-hydroxylation sites is 2. The lowest BCUT2D eigenvalue weighted by atomic mass is 10.1. The molecule has 3 nitrogen and oxygen atoms in total. The molecule has 3 rings (SSSR count). The minimum absolute atomic E-state index is 0.0512. The van der Waals surface area contributed by atoms with Gasteiger partial charge in [-0.15, -0.1) is 0 Å². The van der Waals surface area contributed by atoms with E-state index in [0.29, 0.717) is 11.4 Å². The van der Waals surface area contributed by atoms with Gasteiger partial charge in [0.15, 0.2) is 0 Å². The summed E-state index contributed by atoms with van der Waals surface area (Å²) in [6, 6.07) is 19.9.